The first kappa shape index (κ1) is 21.6. The van der Waals surface area contributed by atoms with Gasteiger partial charge >= 0.3 is 6.09 Å². The van der Waals surface area contributed by atoms with Gasteiger partial charge in [-0.1, -0.05) is 51.1 Å². The zero-order chi connectivity index (χ0) is 22.5. The maximum atomic E-state index is 13.5. The second-order valence-electron chi connectivity index (χ2n) is 10.2. The molecule has 6 heteroatoms. The molecule has 1 fully saturated rings. The lowest BCUT2D eigenvalue weighted by Crippen LogP contribution is -2.32. The molecular weight excluding hydrogens is 390 g/mol. The third-order valence-corrected chi connectivity index (χ3v) is 6.30. The van der Waals surface area contributed by atoms with E-state index >= 15 is 0 Å². The van der Waals surface area contributed by atoms with Gasteiger partial charge in [0.15, 0.2) is 0 Å². The van der Waals surface area contributed by atoms with Crippen molar-refractivity contribution in [2.24, 2.45) is 5.92 Å². The molecule has 1 aromatic carbocycles. The van der Waals surface area contributed by atoms with Crippen LogP contribution in [0.4, 0.5) is 4.79 Å². The molecule has 0 N–H and O–H groups in total. The summed E-state index contributed by atoms with van der Waals surface area (Å²) in [5.41, 5.74) is 3.56. The number of carbonyl (C=O) groups is 2. The van der Waals surface area contributed by atoms with E-state index in [9.17, 15) is 9.59 Å². The molecule has 2 aromatic rings. The SMILES string of the molecule is CC(C)[C@@H]1CC[C@@H](C)c2c(-c3ccccc3)nn(C(=O)[C@@H]3CN3C(=O)OC(C)(C)C)c21. The van der Waals surface area contributed by atoms with Crippen LogP contribution in [0.15, 0.2) is 30.3 Å². The van der Waals surface area contributed by atoms with Crippen molar-refractivity contribution in [3.63, 3.8) is 0 Å². The fourth-order valence-electron chi connectivity index (χ4n) is 4.64. The number of carbonyl (C=O) groups excluding carboxylic acids is 2. The highest BCUT2D eigenvalue weighted by molar-refractivity contribution is 5.93. The first-order valence-corrected chi connectivity index (χ1v) is 11.3. The Labute approximate surface area is 184 Å². The summed E-state index contributed by atoms with van der Waals surface area (Å²) in [5, 5.41) is 4.86. The highest BCUT2D eigenvalue weighted by atomic mass is 16.6. The number of amides is 1. The van der Waals surface area contributed by atoms with E-state index in [0.29, 0.717) is 18.4 Å². The molecule has 0 radical (unpaired) electrons. The molecule has 0 bridgehead atoms. The van der Waals surface area contributed by atoms with Crippen LogP contribution >= 0.6 is 0 Å². The normalized spacial score (nSPS) is 22.9. The van der Waals surface area contributed by atoms with Gasteiger partial charge < -0.3 is 4.74 Å². The summed E-state index contributed by atoms with van der Waals surface area (Å²) < 4.78 is 7.06. The number of rotatable bonds is 3. The molecule has 1 aliphatic carbocycles. The van der Waals surface area contributed by atoms with Crippen molar-refractivity contribution in [1.82, 2.24) is 14.7 Å². The number of fused-ring (bicyclic) bond motifs is 1. The van der Waals surface area contributed by atoms with E-state index in [-0.39, 0.29) is 11.8 Å². The number of ether oxygens (including phenoxy) is 1. The van der Waals surface area contributed by atoms with Gasteiger partial charge in [0.1, 0.15) is 11.6 Å². The van der Waals surface area contributed by atoms with Crippen molar-refractivity contribution in [2.75, 3.05) is 6.54 Å². The van der Waals surface area contributed by atoms with Gasteiger partial charge in [0, 0.05) is 17.0 Å². The van der Waals surface area contributed by atoms with Crippen LogP contribution in [0.1, 0.15) is 82.3 Å². The molecule has 1 aliphatic heterocycles. The number of hydrogen-bond acceptors (Lipinski definition) is 4. The minimum Gasteiger partial charge on any atom is -0.444 e. The summed E-state index contributed by atoms with van der Waals surface area (Å²) >= 11 is 0. The molecule has 2 heterocycles. The average molecular weight is 424 g/mol. The lowest BCUT2D eigenvalue weighted by Gasteiger charge is -2.30. The number of hydrogen-bond donors (Lipinski definition) is 0. The van der Waals surface area contributed by atoms with Gasteiger partial charge in [0.25, 0.3) is 5.91 Å². The third-order valence-electron chi connectivity index (χ3n) is 6.30. The van der Waals surface area contributed by atoms with Crippen LogP contribution in [0.5, 0.6) is 0 Å². The molecule has 166 valence electrons. The van der Waals surface area contributed by atoms with E-state index in [1.165, 1.54) is 10.5 Å². The quantitative estimate of drug-likeness (QED) is 0.616. The summed E-state index contributed by atoms with van der Waals surface area (Å²) in [6.07, 6.45) is 1.69. The summed E-state index contributed by atoms with van der Waals surface area (Å²) in [6, 6.07) is 9.58. The summed E-state index contributed by atoms with van der Waals surface area (Å²) in [6.45, 7) is 12.5. The number of aromatic nitrogens is 2. The van der Waals surface area contributed by atoms with Crippen molar-refractivity contribution in [3.05, 3.63) is 41.6 Å². The third kappa shape index (κ3) is 4.12. The number of nitrogens with zero attached hydrogens (tertiary/aromatic N) is 3. The van der Waals surface area contributed by atoms with E-state index in [4.69, 9.17) is 9.84 Å². The topological polar surface area (TPSA) is 64.2 Å². The number of benzene rings is 1. The molecule has 2 aliphatic rings. The largest absolute Gasteiger partial charge is 0.444 e. The zero-order valence-corrected chi connectivity index (χ0v) is 19.4. The van der Waals surface area contributed by atoms with Crippen molar-refractivity contribution in [2.45, 2.75) is 77.9 Å². The molecule has 0 saturated carbocycles. The molecule has 3 atom stereocenters. The standard InChI is InChI=1S/C25H33N3O3/c1-15(2)18-13-12-16(3)20-21(17-10-8-7-9-11-17)26-28(22(18)20)23(29)19-14-27(19)24(30)31-25(4,5)6/h7-11,15-16,18-19H,12-14H2,1-6H3/t16-,18+,19+,27?/m1/s1. The van der Waals surface area contributed by atoms with E-state index < -0.39 is 17.7 Å². The highest BCUT2D eigenvalue weighted by Crippen LogP contribution is 2.46. The van der Waals surface area contributed by atoms with Crippen LogP contribution in [0.3, 0.4) is 0 Å². The van der Waals surface area contributed by atoms with Gasteiger partial charge in [-0.25, -0.2) is 9.48 Å². The van der Waals surface area contributed by atoms with Crippen LogP contribution in [-0.2, 0) is 4.74 Å². The van der Waals surface area contributed by atoms with E-state index in [0.717, 1.165) is 29.8 Å². The second-order valence-corrected chi connectivity index (χ2v) is 10.2. The molecule has 6 nitrogen and oxygen atoms in total. The smallest absolute Gasteiger partial charge is 0.411 e. The first-order chi connectivity index (χ1) is 14.6. The van der Waals surface area contributed by atoms with E-state index in [2.05, 4.69) is 20.8 Å². The first-order valence-electron chi connectivity index (χ1n) is 11.3. The summed E-state index contributed by atoms with van der Waals surface area (Å²) in [7, 11) is 0. The van der Waals surface area contributed by atoms with Crippen LogP contribution in [0, 0.1) is 5.92 Å². The fourth-order valence-corrected chi connectivity index (χ4v) is 4.64. The fraction of sp³-hybridized carbons (Fsp3) is 0.560. The van der Waals surface area contributed by atoms with Gasteiger partial charge in [-0.15, -0.1) is 0 Å². The molecule has 1 saturated heterocycles. The Morgan fingerprint density at radius 1 is 1.13 bits per heavy atom. The maximum absolute atomic E-state index is 13.5. The molecule has 1 amide bonds. The summed E-state index contributed by atoms with van der Waals surface area (Å²) in [4.78, 5) is 27.4. The average Bonchev–Trinajstić information content (AvgIpc) is 3.40. The second kappa shape index (κ2) is 7.81. The van der Waals surface area contributed by atoms with E-state index in [1.54, 1.807) is 4.68 Å². The maximum Gasteiger partial charge on any atom is 0.411 e. The minimum atomic E-state index is -0.587. The molecular formula is C25H33N3O3. The van der Waals surface area contributed by atoms with Crippen molar-refractivity contribution in [3.8, 4) is 11.3 Å². The van der Waals surface area contributed by atoms with Gasteiger partial charge in [0.05, 0.1) is 17.9 Å². The lowest BCUT2D eigenvalue weighted by atomic mass is 9.75. The predicted octanol–water partition coefficient (Wildman–Crippen LogP) is 5.45. The van der Waals surface area contributed by atoms with Crippen molar-refractivity contribution in [1.29, 1.82) is 0 Å². The Morgan fingerprint density at radius 3 is 2.42 bits per heavy atom. The molecule has 4 rings (SSSR count). The molecule has 31 heavy (non-hydrogen) atoms. The Hall–Kier alpha value is -2.63. The van der Waals surface area contributed by atoms with Gasteiger partial charge in [-0.2, -0.15) is 5.10 Å². The zero-order valence-electron chi connectivity index (χ0n) is 19.4. The predicted molar refractivity (Wildman–Crippen MR) is 120 cm³/mol. The van der Waals surface area contributed by atoms with Crippen molar-refractivity contribution >= 4 is 12.0 Å². The monoisotopic (exact) mass is 423 g/mol. The minimum absolute atomic E-state index is 0.135. The molecule has 1 aromatic heterocycles. The van der Waals surface area contributed by atoms with Gasteiger partial charge in [0.2, 0.25) is 0 Å². The Kier molecular flexibility index (Phi) is 5.44. The van der Waals surface area contributed by atoms with Crippen LogP contribution < -0.4 is 0 Å². The van der Waals surface area contributed by atoms with Gasteiger partial charge in [-0.05, 0) is 45.4 Å². The Bertz CT molecular complexity index is 987. The Morgan fingerprint density at radius 2 is 1.81 bits per heavy atom. The van der Waals surface area contributed by atoms with E-state index in [1.807, 2.05) is 51.1 Å². The Balaban J connectivity index is 1.73. The highest BCUT2D eigenvalue weighted by Gasteiger charge is 2.49. The van der Waals surface area contributed by atoms with Crippen LogP contribution in [-0.4, -0.2) is 44.9 Å². The summed E-state index contributed by atoms with van der Waals surface area (Å²) in [5.74, 6) is 0.875. The molecule has 0 unspecified atom stereocenters. The van der Waals surface area contributed by atoms with Crippen molar-refractivity contribution < 1.29 is 14.3 Å². The van der Waals surface area contributed by atoms with Crippen LogP contribution in [0.25, 0.3) is 11.3 Å². The molecule has 0 spiro atoms. The van der Waals surface area contributed by atoms with Crippen LogP contribution in [0.2, 0.25) is 0 Å². The lowest BCUT2D eigenvalue weighted by molar-refractivity contribution is 0.0395. The van der Waals surface area contributed by atoms with Gasteiger partial charge in [-0.3, -0.25) is 9.69 Å².